The second-order valence-electron chi connectivity index (χ2n) is 4.18. The number of furan rings is 1. The van der Waals surface area contributed by atoms with E-state index >= 15 is 0 Å². The minimum atomic E-state index is -0.0114. The molecule has 0 aliphatic heterocycles. The van der Waals surface area contributed by atoms with E-state index < -0.39 is 0 Å². The SMILES string of the molecule is CNCCNC(=O)Cc1csc(-c2ccc(C)o2)n1.Cl.Cl. The Hall–Kier alpha value is -1.08. The fourth-order valence-electron chi connectivity index (χ4n) is 1.60. The Morgan fingerprint density at radius 1 is 1.33 bits per heavy atom. The Kier molecular flexibility index (Phi) is 9.28. The molecule has 8 heteroatoms. The highest BCUT2D eigenvalue weighted by Crippen LogP contribution is 2.25. The van der Waals surface area contributed by atoms with Crippen molar-refractivity contribution < 1.29 is 9.21 Å². The minimum absolute atomic E-state index is 0. The number of nitrogens with one attached hydrogen (secondary N) is 2. The van der Waals surface area contributed by atoms with Crippen LogP contribution in [0, 0.1) is 6.92 Å². The molecule has 2 heterocycles. The van der Waals surface area contributed by atoms with E-state index in [9.17, 15) is 4.79 Å². The monoisotopic (exact) mass is 351 g/mol. The van der Waals surface area contributed by atoms with E-state index in [0.29, 0.717) is 13.0 Å². The maximum Gasteiger partial charge on any atom is 0.226 e. The fraction of sp³-hybridized carbons (Fsp3) is 0.385. The predicted octanol–water partition coefficient (Wildman–Crippen LogP) is 2.43. The molecule has 0 saturated carbocycles. The molecule has 2 rings (SSSR count). The highest BCUT2D eigenvalue weighted by Gasteiger charge is 2.10. The molecular formula is C13H19Cl2N3O2S. The van der Waals surface area contributed by atoms with Crippen molar-refractivity contribution in [1.82, 2.24) is 15.6 Å². The number of aryl methyl sites for hydroxylation is 1. The summed E-state index contributed by atoms with van der Waals surface area (Å²) in [6.45, 7) is 3.29. The van der Waals surface area contributed by atoms with Crippen LogP contribution >= 0.6 is 36.2 Å². The van der Waals surface area contributed by atoms with Gasteiger partial charge in [0.2, 0.25) is 5.91 Å². The van der Waals surface area contributed by atoms with Gasteiger partial charge in [-0.2, -0.15) is 0 Å². The van der Waals surface area contributed by atoms with E-state index in [1.54, 1.807) is 0 Å². The first-order valence-corrected chi connectivity index (χ1v) is 6.99. The number of hydrogen-bond acceptors (Lipinski definition) is 5. The summed E-state index contributed by atoms with van der Waals surface area (Å²) >= 11 is 1.49. The fourth-order valence-corrected chi connectivity index (χ4v) is 2.38. The number of thiazole rings is 1. The molecule has 2 N–H and O–H groups in total. The molecule has 2 aromatic heterocycles. The van der Waals surface area contributed by atoms with Gasteiger partial charge in [0, 0.05) is 18.5 Å². The lowest BCUT2D eigenvalue weighted by molar-refractivity contribution is -0.120. The second-order valence-corrected chi connectivity index (χ2v) is 5.04. The summed E-state index contributed by atoms with van der Waals surface area (Å²) < 4.78 is 5.51. The number of likely N-dealkylation sites (N-methyl/N-ethyl adjacent to an activating group) is 1. The molecule has 2 aromatic rings. The smallest absolute Gasteiger partial charge is 0.226 e. The van der Waals surface area contributed by atoms with Crippen LogP contribution < -0.4 is 10.6 Å². The summed E-state index contributed by atoms with van der Waals surface area (Å²) in [7, 11) is 1.85. The Bertz CT molecular complexity index is 557. The van der Waals surface area contributed by atoms with E-state index in [0.717, 1.165) is 28.8 Å². The van der Waals surface area contributed by atoms with Crippen molar-refractivity contribution >= 4 is 42.1 Å². The summed E-state index contributed by atoms with van der Waals surface area (Å²) in [6, 6.07) is 3.80. The summed E-state index contributed by atoms with van der Waals surface area (Å²) in [6.07, 6.45) is 0.305. The lowest BCUT2D eigenvalue weighted by Gasteiger charge is -2.02. The third kappa shape index (κ3) is 6.05. The molecule has 0 bridgehead atoms. The molecule has 1 amide bonds. The molecule has 0 spiro atoms. The maximum atomic E-state index is 11.6. The lowest BCUT2D eigenvalue weighted by Crippen LogP contribution is -2.31. The average molecular weight is 352 g/mol. The largest absolute Gasteiger partial charge is 0.459 e. The molecule has 0 unspecified atom stereocenters. The molecule has 0 radical (unpaired) electrons. The van der Waals surface area contributed by atoms with Gasteiger partial charge in [0.25, 0.3) is 0 Å². The van der Waals surface area contributed by atoms with Gasteiger partial charge in [-0.3, -0.25) is 4.79 Å². The normalized spacial score (nSPS) is 9.62. The van der Waals surface area contributed by atoms with Crippen LogP contribution in [0.2, 0.25) is 0 Å². The van der Waals surface area contributed by atoms with Crippen LogP contribution in [0.4, 0.5) is 0 Å². The molecular weight excluding hydrogens is 333 g/mol. The van der Waals surface area contributed by atoms with Crippen molar-refractivity contribution in [2.75, 3.05) is 20.1 Å². The summed E-state index contributed by atoms with van der Waals surface area (Å²) in [5.74, 6) is 1.60. The van der Waals surface area contributed by atoms with Crippen LogP contribution in [0.25, 0.3) is 10.8 Å². The quantitative estimate of drug-likeness (QED) is 0.784. The first-order chi connectivity index (χ1) is 9.19. The molecule has 5 nitrogen and oxygen atoms in total. The molecule has 118 valence electrons. The van der Waals surface area contributed by atoms with E-state index in [1.165, 1.54) is 11.3 Å². The third-order valence-electron chi connectivity index (χ3n) is 2.54. The van der Waals surface area contributed by atoms with Crippen LogP contribution in [0.15, 0.2) is 21.9 Å². The zero-order chi connectivity index (χ0) is 13.7. The van der Waals surface area contributed by atoms with Crippen molar-refractivity contribution in [3.63, 3.8) is 0 Å². The standard InChI is InChI=1S/C13H17N3O2S.2ClH/c1-9-3-4-11(18-9)13-16-10(8-19-13)7-12(17)15-6-5-14-2;;/h3-4,8,14H,5-7H2,1-2H3,(H,15,17);2*1H. The lowest BCUT2D eigenvalue weighted by atomic mass is 10.3. The number of amides is 1. The number of aromatic nitrogens is 1. The minimum Gasteiger partial charge on any atom is -0.459 e. The maximum absolute atomic E-state index is 11.6. The number of nitrogens with zero attached hydrogens (tertiary/aromatic N) is 1. The molecule has 0 fully saturated rings. The van der Waals surface area contributed by atoms with Crippen LogP contribution in [0.3, 0.4) is 0 Å². The van der Waals surface area contributed by atoms with Gasteiger partial charge in [-0.05, 0) is 26.1 Å². The molecule has 0 atom stereocenters. The zero-order valence-corrected chi connectivity index (χ0v) is 14.3. The Balaban J connectivity index is 0.00000200. The zero-order valence-electron chi connectivity index (χ0n) is 11.8. The van der Waals surface area contributed by atoms with Gasteiger partial charge in [0.1, 0.15) is 5.76 Å². The molecule has 0 saturated heterocycles. The van der Waals surface area contributed by atoms with Gasteiger partial charge < -0.3 is 15.1 Å². The van der Waals surface area contributed by atoms with Gasteiger partial charge in [-0.1, -0.05) is 0 Å². The van der Waals surface area contributed by atoms with Crippen LogP contribution in [0.1, 0.15) is 11.5 Å². The summed E-state index contributed by atoms with van der Waals surface area (Å²) in [5.41, 5.74) is 0.774. The van der Waals surface area contributed by atoms with E-state index in [4.69, 9.17) is 4.42 Å². The number of halogens is 2. The first-order valence-electron chi connectivity index (χ1n) is 6.11. The Morgan fingerprint density at radius 2 is 2.10 bits per heavy atom. The Labute approximate surface area is 140 Å². The number of rotatable bonds is 6. The van der Waals surface area contributed by atoms with Crippen molar-refractivity contribution in [3.05, 3.63) is 29.0 Å². The van der Waals surface area contributed by atoms with Gasteiger partial charge in [0.15, 0.2) is 10.8 Å². The summed E-state index contributed by atoms with van der Waals surface area (Å²) in [4.78, 5) is 16.0. The molecule has 0 aromatic carbocycles. The van der Waals surface area contributed by atoms with Crippen molar-refractivity contribution in [2.24, 2.45) is 0 Å². The second kappa shape index (κ2) is 9.78. The van der Waals surface area contributed by atoms with Gasteiger partial charge in [-0.25, -0.2) is 4.98 Å². The van der Waals surface area contributed by atoms with Gasteiger partial charge in [-0.15, -0.1) is 36.2 Å². The number of carbonyl (C=O) groups is 1. The van der Waals surface area contributed by atoms with E-state index in [1.807, 2.05) is 31.5 Å². The molecule has 21 heavy (non-hydrogen) atoms. The average Bonchev–Trinajstić information content (AvgIpc) is 2.98. The molecule has 0 aliphatic carbocycles. The topological polar surface area (TPSA) is 67.2 Å². The highest BCUT2D eigenvalue weighted by atomic mass is 35.5. The van der Waals surface area contributed by atoms with E-state index in [2.05, 4.69) is 15.6 Å². The van der Waals surface area contributed by atoms with Crippen molar-refractivity contribution in [1.29, 1.82) is 0 Å². The third-order valence-corrected chi connectivity index (χ3v) is 3.45. The van der Waals surface area contributed by atoms with Crippen LogP contribution in [-0.4, -0.2) is 31.0 Å². The van der Waals surface area contributed by atoms with E-state index in [-0.39, 0.29) is 30.7 Å². The number of hydrogen-bond donors (Lipinski definition) is 2. The van der Waals surface area contributed by atoms with Crippen molar-refractivity contribution in [2.45, 2.75) is 13.3 Å². The molecule has 0 aliphatic rings. The van der Waals surface area contributed by atoms with Gasteiger partial charge >= 0.3 is 0 Å². The van der Waals surface area contributed by atoms with Gasteiger partial charge in [0.05, 0.1) is 12.1 Å². The number of carbonyl (C=O) groups excluding carboxylic acids is 1. The summed E-state index contributed by atoms with van der Waals surface area (Å²) in [5, 5.41) is 8.50. The van der Waals surface area contributed by atoms with Crippen LogP contribution in [-0.2, 0) is 11.2 Å². The van der Waals surface area contributed by atoms with Crippen molar-refractivity contribution in [3.8, 4) is 10.8 Å². The first kappa shape index (κ1) is 19.9. The highest BCUT2D eigenvalue weighted by molar-refractivity contribution is 7.13. The Morgan fingerprint density at radius 3 is 2.71 bits per heavy atom. The predicted molar refractivity (Wildman–Crippen MR) is 89.7 cm³/mol. The van der Waals surface area contributed by atoms with Crippen LogP contribution in [0.5, 0.6) is 0 Å².